The van der Waals surface area contributed by atoms with Gasteiger partial charge in [-0.3, -0.25) is 9.89 Å². The zero-order valence-corrected chi connectivity index (χ0v) is 11.8. The van der Waals surface area contributed by atoms with Gasteiger partial charge in [-0.1, -0.05) is 0 Å². The predicted octanol–water partition coefficient (Wildman–Crippen LogP) is 1.45. The molecule has 7 heteroatoms. The summed E-state index contributed by atoms with van der Waals surface area (Å²) >= 11 is 0. The number of hydrogen-bond acceptors (Lipinski definition) is 4. The number of nitrogens with two attached hydrogens (primary N) is 1. The zero-order valence-electron chi connectivity index (χ0n) is 11.8. The molecule has 0 saturated carbocycles. The maximum atomic E-state index is 12.5. The van der Waals surface area contributed by atoms with Gasteiger partial charge in [0.25, 0.3) is 5.91 Å². The molecule has 108 valence electrons. The molecule has 0 fully saturated rings. The van der Waals surface area contributed by atoms with Gasteiger partial charge in [-0.15, -0.1) is 0 Å². The molecular weight excluding hydrogens is 268 g/mol. The number of nitrogen functional groups attached to an aromatic ring is 1. The first kappa shape index (κ1) is 13.2. The van der Waals surface area contributed by atoms with E-state index in [0.29, 0.717) is 23.6 Å². The van der Waals surface area contributed by atoms with Crippen LogP contribution < -0.4 is 5.73 Å². The Kier molecular flexibility index (Phi) is 3.09. The van der Waals surface area contributed by atoms with E-state index in [1.807, 2.05) is 13.0 Å². The Morgan fingerprint density at radius 3 is 2.95 bits per heavy atom. The number of benzene rings is 1. The number of fused-ring (bicyclic) bond motifs is 1. The Balaban J connectivity index is 1.87. The summed E-state index contributed by atoms with van der Waals surface area (Å²) in [5, 5.41) is 7.62. The quantitative estimate of drug-likeness (QED) is 0.633. The Morgan fingerprint density at radius 1 is 1.43 bits per heavy atom. The second-order valence-electron chi connectivity index (χ2n) is 5.01. The number of aromatic nitrogens is 4. The fourth-order valence-electron chi connectivity index (χ4n) is 2.26. The Bertz CT molecular complexity index is 803. The summed E-state index contributed by atoms with van der Waals surface area (Å²) in [7, 11) is 1.72. The van der Waals surface area contributed by atoms with Crippen molar-refractivity contribution in [3.05, 3.63) is 41.6 Å². The fraction of sp³-hybridized carbons (Fsp3) is 0.214. The molecule has 0 spiro atoms. The van der Waals surface area contributed by atoms with Crippen molar-refractivity contribution in [1.29, 1.82) is 0 Å². The third-order valence-corrected chi connectivity index (χ3v) is 3.31. The van der Waals surface area contributed by atoms with E-state index in [1.54, 1.807) is 30.3 Å². The van der Waals surface area contributed by atoms with Gasteiger partial charge in [-0.05, 0) is 25.1 Å². The number of nitrogens with zero attached hydrogens (tertiary/aromatic N) is 3. The molecule has 0 radical (unpaired) electrons. The molecule has 1 aromatic carbocycles. The summed E-state index contributed by atoms with van der Waals surface area (Å²) < 4.78 is 0. The topological polar surface area (TPSA) is 104 Å². The highest BCUT2D eigenvalue weighted by Crippen LogP contribution is 2.22. The van der Waals surface area contributed by atoms with Gasteiger partial charge in [0, 0.05) is 29.8 Å². The van der Waals surface area contributed by atoms with Gasteiger partial charge in [0.05, 0.1) is 12.1 Å². The third kappa shape index (κ3) is 2.45. The molecule has 0 aliphatic heterocycles. The van der Waals surface area contributed by atoms with E-state index in [4.69, 9.17) is 5.73 Å². The van der Waals surface area contributed by atoms with E-state index in [9.17, 15) is 4.79 Å². The van der Waals surface area contributed by atoms with Crippen LogP contribution >= 0.6 is 0 Å². The maximum absolute atomic E-state index is 12.5. The first-order chi connectivity index (χ1) is 10.0. The number of nitrogens with one attached hydrogen (secondary N) is 2. The summed E-state index contributed by atoms with van der Waals surface area (Å²) in [4.78, 5) is 21.4. The van der Waals surface area contributed by atoms with Gasteiger partial charge in [0.15, 0.2) is 5.82 Å². The zero-order chi connectivity index (χ0) is 15.0. The van der Waals surface area contributed by atoms with Gasteiger partial charge in [0.1, 0.15) is 5.82 Å². The number of aryl methyl sites for hydroxylation is 1. The molecule has 3 aromatic rings. The van der Waals surface area contributed by atoms with Crippen molar-refractivity contribution >= 4 is 22.5 Å². The molecule has 0 aliphatic carbocycles. The van der Waals surface area contributed by atoms with E-state index in [0.717, 1.165) is 16.7 Å². The second-order valence-corrected chi connectivity index (χ2v) is 5.01. The number of H-pyrrole nitrogens is 2. The number of carbonyl (C=O) groups is 1. The molecule has 2 aromatic heterocycles. The summed E-state index contributed by atoms with van der Waals surface area (Å²) in [6.07, 6.45) is 1.70. The highest BCUT2D eigenvalue weighted by atomic mass is 16.2. The lowest BCUT2D eigenvalue weighted by Crippen LogP contribution is -2.26. The van der Waals surface area contributed by atoms with E-state index in [2.05, 4.69) is 20.2 Å². The van der Waals surface area contributed by atoms with Crippen molar-refractivity contribution in [2.24, 2.45) is 0 Å². The van der Waals surface area contributed by atoms with Gasteiger partial charge < -0.3 is 15.6 Å². The summed E-state index contributed by atoms with van der Waals surface area (Å²) in [5.74, 6) is 1.21. The molecule has 21 heavy (non-hydrogen) atoms. The van der Waals surface area contributed by atoms with Crippen molar-refractivity contribution in [3.8, 4) is 0 Å². The monoisotopic (exact) mass is 284 g/mol. The predicted molar refractivity (Wildman–Crippen MR) is 79.6 cm³/mol. The van der Waals surface area contributed by atoms with Gasteiger partial charge in [-0.25, -0.2) is 4.98 Å². The SMILES string of the molecule is Cc1nc(CN(C)C(=O)c2c[nH]c3ccc(N)cc23)n[nH]1. The van der Waals surface area contributed by atoms with Crippen LogP contribution in [0.25, 0.3) is 10.9 Å². The number of aromatic amines is 2. The van der Waals surface area contributed by atoms with E-state index < -0.39 is 0 Å². The van der Waals surface area contributed by atoms with Crippen LogP contribution in [0.3, 0.4) is 0 Å². The third-order valence-electron chi connectivity index (χ3n) is 3.31. The first-order valence-corrected chi connectivity index (χ1v) is 6.54. The average Bonchev–Trinajstić information content (AvgIpc) is 3.04. The summed E-state index contributed by atoms with van der Waals surface area (Å²) in [5.41, 5.74) is 7.89. The minimum atomic E-state index is -0.102. The average molecular weight is 284 g/mol. The first-order valence-electron chi connectivity index (χ1n) is 6.54. The molecule has 0 bridgehead atoms. The molecule has 2 heterocycles. The number of carbonyl (C=O) groups excluding carboxylic acids is 1. The van der Waals surface area contributed by atoms with Crippen molar-refractivity contribution in [2.45, 2.75) is 13.5 Å². The van der Waals surface area contributed by atoms with Gasteiger partial charge in [0.2, 0.25) is 0 Å². The van der Waals surface area contributed by atoms with Crippen molar-refractivity contribution in [3.63, 3.8) is 0 Å². The highest BCUT2D eigenvalue weighted by Gasteiger charge is 2.17. The van der Waals surface area contributed by atoms with E-state index in [1.165, 1.54) is 0 Å². The minimum absolute atomic E-state index is 0.102. The Morgan fingerprint density at radius 2 is 2.24 bits per heavy atom. The molecule has 0 saturated heterocycles. The molecule has 0 aliphatic rings. The van der Waals surface area contributed by atoms with Crippen LogP contribution in [0.5, 0.6) is 0 Å². The van der Waals surface area contributed by atoms with Crippen LogP contribution in [-0.4, -0.2) is 38.0 Å². The number of rotatable bonds is 3. The number of hydrogen-bond donors (Lipinski definition) is 3. The normalized spacial score (nSPS) is 11.0. The fourth-order valence-corrected chi connectivity index (χ4v) is 2.26. The van der Waals surface area contributed by atoms with Crippen LogP contribution in [0, 0.1) is 6.92 Å². The van der Waals surface area contributed by atoms with Crippen LogP contribution in [0.4, 0.5) is 5.69 Å². The van der Waals surface area contributed by atoms with Crippen LogP contribution in [0.1, 0.15) is 22.0 Å². The molecular formula is C14H16N6O. The molecule has 0 unspecified atom stereocenters. The standard InChI is InChI=1S/C14H16N6O/c1-8-17-13(19-18-8)7-20(2)14(21)11-6-16-12-4-3-9(15)5-10(11)12/h3-6,16H,7,15H2,1-2H3,(H,17,18,19). The number of anilines is 1. The lowest BCUT2D eigenvalue weighted by atomic mass is 10.1. The molecule has 3 rings (SSSR count). The molecule has 1 amide bonds. The minimum Gasteiger partial charge on any atom is -0.399 e. The van der Waals surface area contributed by atoms with Crippen molar-refractivity contribution in [1.82, 2.24) is 25.1 Å². The molecule has 4 N–H and O–H groups in total. The van der Waals surface area contributed by atoms with Gasteiger partial charge in [-0.2, -0.15) is 5.10 Å². The van der Waals surface area contributed by atoms with Gasteiger partial charge >= 0.3 is 0 Å². The highest BCUT2D eigenvalue weighted by molar-refractivity contribution is 6.07. The molecule has 7 nitrogen and oxygen atoms in total. The summed E-state index contributed by atoms with van der Waals surface area (Å²) in [6, 6.07) is 5.46. The molecule has 0 atom stereocenters. The Labute approximate surface area is 121 Å². The lowest BCUT2D eigenvalue weighted by Gasteiger charge is -2.14. The van der Waals surface area contributed by atoms with Crippen LogP contribution in [0.2, 0.25) is 0 Å². The van der Waals surface area contributed by atoms with E-state index >= 15 is 0 Å². The largest absolute Gasteiger partial charge is 0.399 e. The second kappa shape index (κ2) is 4.93. The van der Waals surface area contributed by atoms with Crippen LogP contribution in [0.15, 0.2) is 24.4 Å². The van der Waals surface area contributed by atoms with E-state index in [-0.39, 0.29) is 5.91 Å². The van der Waals surface area contributed by atoms with Crippen molar-refractivity contribution in [2.75, 3.05) is 12.8 Å². The lowest BCUT2D eigenvalue weighted by molar-refractivity contribution is 0.0783. The summed E-state index contributed by atoms with van der Waals surface area (Å²) in [6.45, 7) is 2.17. The smallest absolute Gasteiger partial charge is 0.256 e. The number of amides is 1. The maximum Gasteiger partial charge on any atom is 0.256 e. The van der Waals surface area contributed by atoms with Crippen LogP contribution in [-0.2, 0) is 6.54 Å². The van der Waals surface area contributed by atoms with Crippen molar-refractivity contribution < 1.29 is 4.79 Å². The Hall–Kier alpha value is -2.83.